The lowest BCUT2D eigenvalue weighted by Gasteiger charge is -2.26. The summed E-state index contributed by atoms with van der Waals surface area (Å²) >= 11 is 0. The fraction of sp³-hybridized carbons (Fsp3) is 0.522. The van der Waals surface area contributed by atoms with Crippen LogP contribution in [0.1, 0.15) is 50.7 Å². The number of esters is 1. The van der Waals surface area contributed by atoms with Gasteiger partial charge in [-0.2, -0.15) is 0 Å². The van der Waals surface area contributed by atoms with E-state index >= 15 is 0 Å². The van der Waals surface area contributed by atoms with E-state index in [2.05, 4.69) is 17.2 Å². The zero-order valence-corrected chi connectivity index (χ0v) is 18.5. The van der Waals surface area contributed by atoms with Crippen molar-refractivity contribution in [3.05, 3.63) is 41.7 Å². The third-order valence-electron chi connectivity index (χ3n) is 5.33. The van der Waals surface area contributed by atoms with E-state index in [0.29, 0.717) is 22.8 Å². The molecule has 0 N–H and O–H groups in total. The van der Waals surface area contributed by atoms with Crippen molar-refractivity contribution in [2.75, 3.05) is 21.3 Å². The summed E-state index contributed by atoms with van der Waals surface area (Å²) in [7, 11) is 4.37. The van der Waals surface area contributed by atoms with Crippen LogP contribution in [0.3, 0.4) is 0 Å². The third-order valence-corrected chi connectivity index (χ3v) is 5.33. The molecule has 1 aromatic rings. The predicted octanol–water partition coefficient (Wildman–Crippen LogP) is 4.57. The molecule has 1 fully saturated rings. The standard InChI is InChI=1S/C23H32N2O5/c1-16-10-12-18(13-11-16)22(25-29-5)17(2)24-30-14-19-8-6-7-9-20(19)21(15-27-3)23(26)28-4/h6-9,15-16,18H,10-14H2,1-5H3. The Kier molecular flexibility index (Phi) is 9.38. The van der Waals surface area contributed by atoms with Gasteiger partial charge in [-0.1, -0.05) is 54.3 Å². The monoisotopic (exact) mass is 416 g/mol. The Morgan fingerprint density at radius 1 is 1.10 bits per heavy atom. The van der Waals surface area contributed by atoms with Gasteiger partial charge in [-0.25, -0.2) is 4.79 Å². The summed E-state index contributed by atoms with van der Waals surface area (Å²) in [4.78, 5) is 22.8. The van der Waals surface area contributed by atoms with Gasteiger partial charge >= 0.3 is 5.97 Å². The van der Waals surface area contributed by atoms with Gasteiger partial charge in [0.05, 0.1) is 20.5 Å². The van der Waals surface area contributed by atoms with Gasteiger partial charge in [-0.15, -0.1) is 0 Å². The highest BCUT2D eigenvalue weighted by molar-refractivity contribution is 6.42. The average Bonchev–Trinajstić information content (AvgIpc) is 2.76. The Hall–Kier alpha value is -2.83. The van der Waals surface area contributed by atoms with E-state index in [1.807, 2.05) is 31.2 Å². The number of carbonyl (C=O) groups is 1. The first-order valence-corrected chi connectivity index (χ1v) is 10.2. The normalized spacial score (nSPS) is 20.5. The first kappa shape index (κ1) is 23.4. The minimum Gasteiger partial charge on any atom is -0.503 e. The molecule has 7 heteroatoms. The second-order valence-corrected chi connectivity index (χ2v) is 7.48. The van der Waals surface area contributed by atoms with E-state index in [-0.39, 0.29) is 6.61 Å². The second kappa shape index (κ2) is 12.0. The van der Waals surface area contributed by atoms with Gasteiger partial charge in [0.2, 0.25) is 0 Å². The van der Waals surface area contributed by atoms with Crippen molar-refractivity contribution >= 4 is 23.0 Å². The summed E-state index contributed by atoms with van der Waals surface area (Å²) in [5, 5.41) is 8.50. The van der Waals surface area contributed by atoms with Gasteiger partial charge in [0.25, 0.3) is 0 Å². The summed E-state index contributed by atoms with van der Waals surface area (Å²) < 4.78 is 9.92. The molecule has 0 amide bonds. The molecule has 0 atom stereocenters. The molecule has 0 unspecified atom stereocenters. The molecule has 2 rings (SSSR count). The fourth-order valence-electron chi connectivity index (χ4n) is 3.67. The minimum atomic E-state index is -0.481. The number of hydrogen-bond donors (Lipinski definition) is 0. The summed E-state index contributed by atoms with van der Waals surface area (Å²) in [5.41, 5.74) is 3.32. The molecule has 1 aliphatic rings. The van der Waals surface area contributed by atoms with Crippen LogP contribution in [0.5, 0.6) is 0 Å². The molecule has 30 heavy (non-hydrogen) atoms. The predicted molar refractivity (Wildman–Crippen MR) is 117 cm³/mol. The summed E-state index contributed by atoms with van der Waals surface area (Å²) in [6.07, 6.45) is 5.87. The van der Waals surface area contributed by atoms with Gasteiger partial charge < -0.3 is 19.1 Å². The number of ether oxygens (including phenoxy) is 2. The summed E-state index contributed by atoms with van der Waals surface area (Å²) in [6, 6.07) is 7.41. The van der Waals surface area contributed by atoms with Crippen molar-refractivity contribution in [3.8, 4) is 0 Å². The molecule has 0 aromatic heterocycles. The topological polar surface area (TPSA) is 78.7 Å². The molecule has 0 saturated heterocycles. The van der Waals surface area contributed by atoms with Crippen LogP contribution in [0, 0.1) is 11.8 Å². The molecule has 0 heterocycles. The van der Waals surface area contributed by atoms with Gasteiger partial charge in [0.15, 0.2) is 0 Å². The molecular weight excluding hydrogens is 384 g/mol. The van der Waals surface area contributed by atoms with E-state index < -0.39 is 5.97 Å². The number of methoxy groups -OCH3 is 2. The van der Waals surface area contributed by atoms with E-state index in [1.54, 1.807) is 7.11 Å². The largest absolute Gasteiger partial charge is 0.503 e. The quantitative estimate of drug-likeness (QED) is 0.194. The lowest BCUT2D eigenvalue weighted by atomic mass is 9.79. The Morgan fingerprint density at radius 2 is 1.80 bits per heavy atom. The lowest BCUT2D eigenvalue weighted by molar-refractivity contribution is -0.133. The molecular formula is C23H32N2O5. The van der Waals surface area contributed by atoms with Crippen molar-refractivity contribution in [1.29, 1.82) is 0 Å². The van der Waals surface area contributed by atoms with E-state index in [1.165, 1.54) is 33.3 Å². The average molecular weight is 417 g/mol. The van der Waals surface area contributed by atoms with Crippen molar-refractivity contribution in [2.45, 2.75) is 46.1 Å². The first-order chi connectivity index (χ1) is 14.5. The smallest absolute Gasteiger partial charge is 0.341 e. The van der Waals surface area contributed by atoms with Gasteiger partial charge in [-0.3, -0.25) is 0 Å². The number of hydrogen-bond acceptors (Lipinski definition) is 7. The van der Waals surface area contributed by atoms with E-state index in [0.717, 1.165) is 30.0 Å². The number of benzene rings is 1. The summed E-state index contributed by atoms with van der Waals surface area (Å²) in [5.74, 6) is 0.598. The number of nitrogens with zero attached hydrogens (tertiary/aromatic N) is 2. The van der Waals surface area contributed by atoms with Crippen LogP contribution in [0.4, 0.5) is 0 Å². The molecule has 0 radical (unpaired) electrons. The van der Waals surface area contributed by atoms with Crippen LogP contribution < -0.4 is 0 Å². The molecule has 1 aliphatic carbocycles. The molecule has 0 bridgehead atoms. The van der Waals surface area contributed by atoms with E-state index in [4.69, 9.17) is 19.1 Å². The van der Waals surface area contributed by atoms with Crippen LogP contribution in [-0.2, 0) is 30.6 Å². The van der Waals surface area contributed by atoms with Crippen LogP contribution in [0.25, 0.3) is 5.57 Å². The third kappa shape index (κ3) is 6.34. The Balaban J connectivity index is 2.14. The highest BCUT2D eigenvalue weighted by atomic mass is 16.6. The Labute approximate surface area is 178 Å². The zero-order valence-electron chi connectivity index (χ0n) is 18.5. The number of oxime groups is 2. The van der Waals surface area contributed by atoms with Crippen molar-refractivity contribution < 1.29 is 23.9 Å². The first-order valence-electron chi connectivity index (χ1n) is 10.2. The minimum absolute atomic E-state index is 0.188. The zero-order chi connectivity index (χ0) is 21.9. The maximum absolute atomic E-state index is 12.1. The molecule has 1 aromatic carbocycles. The Bertz CT molecular complexity index is 793. The maximum atomic E-state index is 12.1. The lowest BCUT2D eigenvalue weighted by Crippen LogP contribution is -2.26. The molecule has 1 saturated carbocycles. The van der Waals surface area contributed by atoms with Crippen LogP contribution in [0.2, 0.25) is 0 Å². The highest BCUT2D eigenvalue weighted by Crippen LogP contribution is 2.30. The van der Waals surface area contributed by atoms with Crippen molar-refractivity contribution in [2.24, 2.45) is 22.1 Å². The number of carbonyl (C=O) groups excluding carboxylic acids is 1. The van der Waals surface area contributed by atoms with Crippen LogP contribution >= 0.6 is 0 Å². The molecule has 7 nitrogen and oxygen atoms in total. The van der Waals surface area contributed by atoms with Gasteiger partial charge in [0, 0.05) is 11.5 Å². The maximum Gasteiger partial charge on any atom is 0.341 e. The van der Waals surface area contributed by atoms with Crippen LogP contribution in [0.15, 0.2) is 40.8 Å². The Morgan fingerprint density at radius 3 is 2.43 bits per heavy atom. The SMILES string of the molecule is COC=C(C(=O)OC)c1ccccc1CON=C(C)C(=NOC)C1CCC(C)CC1. The van der Waals surface area contributed by atoms with E-state index in [9.17, 15) is 4.79 Å². The second-order valence-electron chi connectivity index (χ2n) is 7.48. The fourth-order valence-corrected chi connectivity index (χ4v) is 3.67. The molecule has 0 spiro atoms. The number of rotatable bonds is 9. The highest BCUT2D eigenvalue weighted by Gasteiger charge is 2.25. The van der Waals surface area contributed by atoms with Crippen molar-refractivity contribution in [1.82, 2.24) is 0 Å². The van der Waals surface area contributed by atoms with Gasteiger partial charge in [0.1, 0.15) is 30.7 Å². The van der Waals surface area contributed by atoms with Crippen molar-refractivity contribution in [3.63, 3.8) is 0 Å². The van der Waals surface area contributed by atoms with Crippen LogP contribution in [-0.4, -0.2) is 38.7 Å². The molecule has 164 valence electrons. The molecule has 0 aliphatic heterocycles. The summed E-state index contributed by atoms with van der Waals surface area (Å²) in [6.45, 7) is 4.35. The van der Waals surface area contributed by atoms with Gasteiger partial charge in [-0.05, 0) is 31.2 Å².